The van der Waals surface area contributed by atoms with Crippen LogP contribution in [0, 0.1) is 0 Å². The Bertz CT molecular complexity index is 780. The molecule has 0 saturated carbocycles. The molecule has 0 aromatic heterocycles. The van der Waals surface area contributed by atoms with Crippen LogP contribution >= 0.6 is 0 Å². The summed E-state index contributed by atoms with van der Waals surface area (Å²) in [5, 5.41) is 6.19. The minimum absolute atomic E-state index is 0.108. The van der Waals surface area contributed by atoms with Crippen LogP contribution in [0.15, 0.2) is 54.6 Å². The molecule has 2 amide bonds. The minimum atomic E-state index is -0.108. The number of rotatable bonds is 6. The van der Waals surface area contributed by atoms with Gasteiger partial charge in [0.25, 0.3) is 0 Å². The van der Waals surface area contributed by atoms with Crippen molar-refractivity contribution in [3.63, 3.8) is 0 Å². The summed E-state index contributed by atoms with van der Waals surface area (Å²) >= 11 is 0. The Morgan fingerprint density at radius 2 is 1.72 bits per heavy atom. The van der Waals surface area contributed by atoms with E-state index in [1.165, 1.54) is 24.8 Å². The van der Waals surface area contributed by atoms with Gasteiger partial charge in [-0.1, -0.05) is 30.3 Å². The first-order valence-corrected chi connectivity index (χ1v) is 10.9. The fourth-order valence-corrected chi connectivity index (χ4v) is 5.03. The van der Waals surface area contributed by atoms with Crippen molar-refractivity contribution in [2.24, 2.45) is 0 Å². The molecule has 2 bridgehead atoms. The highest BCUT2D eigenvalue weighted by Crippen LogP contribution is 2.23. The van der Waals surface area contributed by atoms with E-state index in [1.54, 1.807) is 4.90 Å². The number of nitrogens with one attached hydrogen (secondary N) is 3. The van der Waals surface area contributed by atoms with Crippen LogP contribution in [0.25, 0.3) is 0 Å². The Labute approximate surface area is 173 Å². The predicted molar refractivity (Wildman–Crippen MR) is 115 cm³/mol. The minimum Gasteiger partial charge on any atom is -0.494 e. The molecule has 0 unspecified atom stereocenters. The van der Waals surface area contributed by atoms with Crippen LogP contribution in [0.3, 0.4) is 0 Å². The molecule has 2 atom stereocenters. The third kappa shape index (κ3) is 5.10. The summed E-state index contributed by atoms with van der Waals surface area (Å²) in [4.78, 5) is 14.2. The van der Waals surface area contributed by atoms with Gasteiger partial charge in [0.15, 0.2) is 0 Å². The van der Waals surface area contributed by atoms with Crippen molar-refractivity contribution in [3.05, 3.63) is 60.2 Å². The number of urea groups is 1. The van der Waals surface area contributed by atoms with Crippen molar-refractivity contribution in [2.45, 2.75) is 63.7 Å². The summed E-state index contributed by atoms with van der Waals surface area (Å²) < 4.78 is 5.45. The van der Waals surface area contributed by atoms with Crippen LogP contribution in [-0.4, -0.2) is 30.8 Å². The monoisotopic (exact) mass is 394 g/mol. The first-order valence-electron chi connectivity index (χ1n) is 10.9. The zero-order valence-corrected chi connectivity index (χ0v) is 17.2. The number of hydrogen-bond donors (Lipinski definition) is 3. The van der Waals surface area contributed by atoms with Gasteiger partial charge in [-0.3, -0.25) is 0 Å². The quantitative estimate of drug-likeness (QED) is 0.704. The van der Waals surface area contributed by atoms with E-state index in [4.69, 9.17) is 4.74 Å². The summed E-state index contributed by atoms with van der Waals surface area (Å²) in [6.45, 7) is 3.70. The standard InChI is InChI=1S/C24H31N3O2/c1-2-29-23-13-11-19(12-14-23)25-24(28)26-20-15-21-9-6-10-22(16-20)27(21)17-18-7-4-3-5-8-18/h3-5,7-8,11-14,20-22H,2,6,9-10,15-17H2,1H3,(H2,25,26,28)/p+1/t21-,22-/m1/s1. The van der Waals surface area contributed by atoms with Crippen LogP contribution in [-0.2, 0) is 6.54 Å². The van der Waals surface area contributed by atoms with E-state index in [0.717, 1.165) is 30.8 Å². The highest BCUT2D eigenvalue weighted by molar-refractivity contribution is 5.89. The van der Waals surface area contributed by atoms with Crippen LogP contribution in [0.4, 0.5) is 10.5 Å². The van der Waals surface area contributed by atoms with E-state index < -0.39 is 0 Å². The lowest BCUT2D eigenvalue weighted by atomic mass is 9.81. The van der Waals surface area contributed by atoms with Gasteiger partial charge in [-0.2, -0.15) is 0 Å². The summed E-state index contributed by atoms with van der Waals surface area (Å²) in [6, 6.07) is 19.8. The maximum absolute atomic E-state index is 12.5. The van der Waals surface area contributed by atoms with Crippen molar-refractivity contribution in [1.82, 2.24) is 5.32 Å². The molecule has 4 rings (SSSR count). The molecule has 0 aliphatic carbocycles. The Morgan fingerprint density at radius 3 is 2.38 bits per heavy atom. The van der Waals surface area contributed by atoms with Crippen LogP contribution in [0.2, 0.25) is 0 Å². The van der Waals surface area contributed by atoms with E-state index in [2.05, 4.69) is 41.0 Å². The van der Waals surface area contributed by atoms with Gasteiger partial charge in [0.2, 0.25) is 0 Å². The molecule has 2 aromatic carbocycles. The molecule has 5 nitrogen and oxygen atoms in total. The van der Waals surface area contributed by atoms with Gasteiger partial charge >= 0.3 is 6.03 Å². The molecule has 0 spiro atoms. The van der Waals surface area contributed by atoms with Crippen molar-refractivity contribution >= 4 is 11.7 Å². The summed E-state index contributed by atoms with van der Waals surface area (Å²) in [5.74, 6) is 0.819. The summed E-state index contributed by atoms with van der Waals surface area (Å²) in [5.41, 5.74) is 2.21. The first-order chi connectivity index (χ1) is 14.2. The van der Waals surface area contributed by atoms with Gasteiger partial charge < -0.3 is 20.3 Å². The molecule has 2 heterocycles. The van der Waals surface area contributed by atoms with E-state index in [-0.39, 0.29) is 12.1 Å². The average Bonchev–Trinajstić information content (AvgIpc) is 2.71. The highest BCUT2D eigenvalue weighted by atomic mass is 16.5. The maximum Gasteiger partial charge on any atom is 0.319 e. The van der Waals surface area contributed by atoms with Crippen LogP contribution < -0.4 is 20.3 Å². The number of benzene rings is 2. The van der Waals surface area contributed by atoms with Gasteiger partial charge in [0.05, 0.1) is 18.7 Å². The van der Waals surface area contributed by atoms with Crippen molar-refractivity contribution in [1.29, 1.82) is 0 Å². The van der Waals surface area contributed by atoms with E-state index in [1.807, 2.05) is 31.2 Å². The molecule has 2 aliphatic rings. The number of amides is 2. The fourth-order valence-electron chi connectivity index (χ4n) is 5.03. The largest absolute Gasteiger partial charge is 0.494 e. The number of carbonyl (C=O) groups is 1. The Kier molecular flexibility index (Phi) is 6.35. The van der Waals surface area contributed by atoms with Gasteiger partial charge in [-0.15, -0.1) is 0 Å². The molecule has 154 valence electrons. The molecule has 2 aromatic rings. The second kappa shape index (κ2) is 9.31. The number of anilines is 1. The second-order valence-corrected chi connectivity index (χ2v) is 8.29. The predicted octanol–water partition coefficient (Wildman–Crippen LogP) is 3.38. The molecular formula is C24H32N3O2+. The van der Waals surface area contributed by atoms with Gasteiger partial charge in [0.1, 0.15) is 12.3 Å². The third-order valence-electron chi connectivity index (χ3n) is 6.30. The molecule has 5 heteroatoms. The number of hydrogen-bond acceptors (Lipinski definition) is 2. The third-order valence-corrected chi connectivity index (χ3v) is 6.30. The number of piperidine rings is 2. The number of carbonyl (C=O) groups excluding carboxylic acids is 1. The maximum atomic E-state index is 12.5. The Hall–Kier alpha value is -2.53. The SMILES string of the molecule is CCOc1ccc(NC(=O)NC2C[C@H]3CCC[C@H](C2)[NH+]3Cc2ccccc2)cc1. The summed E-state index contributed by atoms with van der Waals surface area (Å²) in [7, 11) is 0. The highest BCUT2D eigenvalue weighted by Gasteiger charge is 2.42. The molecule has 2 fully saturated rings. The zero-order chi connectivity index (χ0) is 20.1. The van der Waals surface area contributed by atoms with Crippen molar-refractivity contribution in [3.8, 4) is 5.75 Å². The molecular weight excluding hydrogens is 362 g/mol. The van der Waals surface area contributed by atoms with Crippen molar-refractivity contribution < 1.29 is 14.4 Å². The van der Waals surface area contributed by atoms with Gasteiger partial charge in [0, 0.05) is 30.1 Å². The van der Waals surface area contributed by atoms with Crippen LogP contribution in [0.5, 0.6) is 5.75 Å². The molecule has 0 radical (unpaired) electrons. The smallest absolute Gasteiger partial charge is 0.319 e. The molecule has 2 aliphatic heterocycles. The molecule has 29 heavy (non-hydrogen) atoms. The van der Waals surface area contributed by atoms with Gasteiger partial charge in [-0.05, 0) is 50.5 Å². The lowest BCUT2D eigenvalue weighted by Gasteiger charge is -2.46. The fraction of sp³-hybridized carbons (Fsp3) is 0.458. The second-order valence-electron chi connectivity index (χ2n) is 8.29. The van der Waals surface area contributed by atoms with Crippen molar-refractivity contribution in [2.75, 3.05) is 11.9 Å². The van der Waals surface area contributed by atoms with Gasteiger partial charge in [-0.25, -0.2) is 4.79 Å². The number of quaternary nitrogens is 1. The summed E-state index contributed by atoms with van der Waals surface area (Å²) in [6.07, 6.45) is 5.97. The topological polar surface area (TPSA) is 54.8 Å². The lowest BCUT2D eigenvalue weighted by molar-refractivity contribution is -0.973. The van der Waals surface area contributed by atoms with Crippen LogP contribution in [0.1, 0.15) is 44.6 Å². The van der Waals surface area contributed by atoms with E-state index in [0.29, 0.717) is 18.7 Å². The normalized spacial score (nSPS) is 25.8. The zero-order valence-electron chi connectivity index (χ0n) is 17.2. The van der Waals surface area contributed by atoms with E-state index in [9.17, 15) is 4.79 Å². The Balaban J connectivity index is 1.32. The molecule has 3 N–H and O–H groups in total. The lowest BCUT2D eigenvalue weighted by Crippen LogP contribution is -3.20. The Morgan fingerprint density at radius 1 is 1.03 bits per heavy atom. The van der Waals surface area contributed by atoms with E-state index >= 15 is 0 Å². The number of fused-ring (bicyclic) bond motifs is 2. The number of ether oxygens (including phenoxy) is 1. The average molecular weight is 395 g/mol. The molecule has 2 saturated heterocycles. The first kappa shape index (κ1) is 19.8.